The minimum Gasteiger partial charge on any atom is -0.396 e. The van der Waals surface area contributed by atoms with Gasteiger partial charge in [-0.1, -0.05) is 0 Å². The van der Waals surface area contributed by atoms with E-state index in [0.717, 1.165) is 23.5 Å². The second-order valence-corrected chi connectivity index (χ2v) is 7.86. The standard InChI is InChI=1S/C14H19N3O3S/c18-7-3-13-16-12-2-1-6-15-14(12)17(13)10-11-4-8-21(19,20)9-5-11/h1-2,6,11,18H,3-5,7-10H2. The molecular formula is C14H19N3O3S. The molecule has 6 nitrogen and oxygen atoms in total. The molecule has 0 saturated carbocycles. The van der Waals surface area contributed by atoms with E-state index in [9.17, 15) is 13.5 Å². The Hall–Kier alpha value is -1.47. The molecule has 0 aromatic carbocycles. The van der Waals surface area contributed by atoms with Crippen LogP contribution in [0.4, 0.5) is 0 Å². The van der Waals surface area contributed by atoms with Crippen molar-refractivity contribution in [3.05, 3.63) is 24.2 Å². The zero-order chi connectivity index (χ0) is 14.9. The molecule has 0 aliphatic carbocycles. The Labute approximate surface area is 123 Å². The van der Waals surface area contributed by atoms with Crippen molar-refractivity contribution in [3.8, 4) is 0 Å². The average molecular weight is 309 g/mol. The molecule has 2 aromatic heterocycles. The minimum absolute atomic E-state index is 0.0440. The summed E-state index contributed by atoms with van der Waals surface area (Å²) in [7, 11) is -2.84. The quantitative estimate of drug-likeness (QED) is 0.902. The first-order valence-corrected chi connectivity index (χ1v) is 9.02. The molecule has 1 aliphatic rings. The molecule has 0 radical (unpaired) electrons. The maximum atomic E-state index is 11.5. The number of imidazole rings is 1. The molecule has 2 aromatic rings. The molecule has 1 N–H and O–H groups in total. The Balaban J connectivity index is 1.87. The predicted octanol–water partition coefficient (Wildman–Crippen LogP) is 0.791. The molecule has 1 saturated heterocycles. The third-order valence-corrected chi connectivity index (χ3v) is 5.75. The van der Waals surface area contributed by atoms with Crippen molar-refractivity contribution in [2.24, 2.45) is 5.92 Å². The van der Waals surface area contributed by atoms with Gasteiger partial charge < -0.3 is 9.67 Å². The molecule has 7 heteroatoms. The van der Waals surface area contributed by atoms with Gasteiger partial charge in [0.25, 0.3) is 0 Å². The molecule has 114 valence electrons. The Kier molecular flexibility index (Phi) is 3.95. The van der Waals surface area contributed by atoms with Crippen molar-refractivity contribution >= 4 is 21.0 Å². The summed E-state index contributed by atoms with van der Waals surface area (Å²) in [6.45, 7) is 0.765. The second kappa shape index (κ2) is 5.73. The van der Waals surface area contributed by atoms with Crippen molar-refractivity contribution in [2.45, 2.75) is 25.8 Å². The van der Waals surface area contributed by atoms with Crippen LogP contribution in [0.15, 0.2) is 18.3 Å². The molecule has 1 aliphatic heterocycles. The number of aromatic nitrogens is 3. The highest BCUT2D eigenvalue weighted by molar-refractivity contribution is 7.91. The average Bonchev–Trinajstić information content (AvgIpc) is 2.80. The fraction of sp³-hybridized carbons (Fsp3) is 0.571. The Morgan fingerprint density at radius 2 is 2.10 bits per heavy atom. The number of rotatable bonds is 4. The molecular weight excluding hydrogens is 290 g/mol. The van der Waals surface area contributed by atoms with Gasteiger partial charge in [0.1, 0.15) is 21.2 Å². The lowest BCUT2D eigenvalue weighted by Crippen LogP contribution is -2.26. The van der Waals surface area contributed by atoms with Gasteiger partial charge in [-0.2, -0.15) is 0 Å². The predicted molar refractivity (Wildman–Crippen MR) is 79.7 cm³/mol. The van der Waals surface area contributed by atoms with E-state index in [2.05, 4.69) is 9.97 Å². The summed E-state index contributed by atoms with van der Waals surface area (Å²) in [6.07, 6.45) is 3.59. The number of aliphatic hydroxyl groups is 1. The third kappa shape index (κ3) is 3.08. The molecule has 0 bridgehead atoms. The molecule has 0 amide bonds. The fourth-order valence-corrected chi connectivity index (χ4v) is 4.46. The van der Waals surface area contributed by atoms with Crippen LogP contribution in [0.3, 0.4) is 0 Å². The van der Waals surface area contributed by atoms with E-state index in [4.69, 9.17) is 0 Å². The molecule has 3 rings (SSSR count). The van der Waals surface area contributed by atoms with E-state index in [-0.39, 0.29) is 18.1 Å². The van der Waals surface area contributed by atoms with Gasteiger partial charge in [-0.3, -0.25) is 0 Å². The molecule has 21 heavy (non-hydrogen) atoms. The second-order valence-electron chi connectivity index (χ2n) is 5.55. The van der Waals surface area contributed by atoms with Crippen molar-refractivity contribution < 1.29 is 13.5 Å². The number of pyridine rings is 1. The molecule has 0 spiro atoms. The van der Waals surface area contributed by atoms with Gasteiger partial charge in [0, 0.05) is 19.2 Å². The highest BCUT2D eigenvalue weighted by Crippen LogP contribution is 2.23. The molecule has 0 unspecified atom stereocenters. The van der Waals surface area contributed by atoms with Crippen LogP contribution in [-0.4, -0.2) is 46.2 Å². The molecule has 0 atom stereocenters. The van der Waals surface area contributed by atoms with Crippen LogP contribution in [0, 0.1) is 5.92 Å². The van der Waals surface area contributed by atoms with Crippen LogP contribution in [0.5, 0.6) is 0 Å². The summed E-state index contributed by atoms with van der Waals surface area (Å²) in [5.74, 6) is 1.69. The normalized spacial score (nSPS) is 19.1. The zero-order valence-corrected chi connectivity index (χ0v) is 12.6. The summed E-state index contributed by atoms with van der Waals surface area (Å²) in [5, 5.41) is 9.19. The molecule has 1 fully saturated rings. The van der Waals surface area contributed by atoms with E-state index in [1.54, 1.807) is 6.20 Å². The van der Waals surface area contributed by atoms with Crippen LogP contribution in [0.25, 0.3) is 11.2 Å². The van der Waals surface area contributed by atoms with Gasteiger partial charge in [0.15, 0.2) is 5.65 Å². The number of sulfone groups is 1. The van der Waals surface area contributed by atoms with Gasteiger partial charge >= 0.3 is 0 Å². The maximum Gasteiger partial charge on any atom is 0.159 e. The zero-order valence-electron chi connectivity index (χ0n) is 11.8. The van der Waals surface area contributed by atoms with Crippen molar-refractivity contribution in [2.75, 3.05) is 18.1 Å². The molecule has 3 heterocycles. The largest absolute Gasteiger partial charge is 0.396 e. The van der Waals surface area contributed by atoms with Crippen molar-refractivity contribution in [1.29, 1.82) is 0 Å². The van der Waals surface area contributed by atoms with Crippen LogP contribution in [-0.2, 0) is 22.8 Å². The van der Waals surface area contributed by atoms with E-state index in [0.29, 0.717) is 25.2 Å². The minimum atomic E-state index is -2.84. The summed E-state index contributed by atoms with van der Waals surface area (Å²) in [6, 6.07) is 3.75. The van der Waals surface area contributed by atoms with Crippen LogP contribution < -0.4 is 0 Å². The fourth-order valence-electron chi connectivity index (χ4n) is 2.87. The van der Waals surface area contributed by atoms with Gasteiger partial charge in [-0.25, -0.2) is 18.4 Å². The van der Waals surface area contributed by atoms with Crippen molar-refractivity contribution in [1.82, 2.24) is 14.5 Å². The highest BCUT2D eigenvalue weighted by atomic mass is 32.2. The van der Waals surface area contributed by atoms with Crippen LogP contribution in [0.2, 0.25) is 0 Å². The first-order valence-electron chi connectivity index (χ1n) is 7.20. The van der Waals surface area contributed by atoms with Crippen molar-refractivity contribution in [3.63, 3.8) is 0 Å². The SMILES string of the molecule is O=S1(=O)CCC(Cn2c(CCO)nc3cccnc32)CC1. The van der Waals surface area contributed by atoms with E-state index >= 15 is 0 Å². The Bertz CT molecular complexity index is 725. The highest BCUT2D eigenvalue weighted by Gasteiger charge is 2.25. The number of hydrogen-bond acceptors (Lipinski definition) is 5. The maximum absolute atomic E-state index is 11.5. The lowest BCUT2D eigenvalue weighted by atomic mass is 10.0. The first kappa shape index (κ1) is 14.5. The van der Waals surface area contributed by atoms with E-state index in [1.807, 2.05) is 16.7 Å². The van der Waals surface area contributed by atoms with Gasteiger partial charge in [-0.05, 0) is 30.9 Å². The van der Waals surface area contributed by atoms with Gasteiger partial charge in [0.2, 0.25) is 0 Å². The van der Waals surface area contributed by atoms with Crippen LogP contribution in [0.1, 0.15) is 18.7 Å². The lowest BCUT2D eigenvalue weighted by Gasteiger charge is -2.23. The monoisotopic (exact) mass is 309 g/mol. The van der Waals surface area contributed by atoms with Gasteiger partial charge in [0.05, 0.1) is 18.1 Å². The number of nitrogens with zero attached hydrogens (tertiary/aromatic N) is 3. The lowest BCUT2D eigenvalue weighted by molar-refractivity contribution is 0.292. The van der Waals surface area contributed by atoms with Gasteiger partial charge in [-0.15, -0.1) is 0 Å². The number of hydrogen-bond donors (Lipinski definition) is 1. The Morgan fingerprint density at radius 3 is 2.81 bits per heavy atom. The summed E-state index contributed by atoms with van der Waals surface area (Å²) in [4.78, 5) is 8.90. The first-order chi connectivity index (χ1) is 10.1. The smallest absolute Gasteiger partial charge is 0.159 e. The van der Waals surface area contributed by atoms with Crippen LogP contribution >= 0.6 is 0 Å². The number of aliphatic hydroxyl groups excluding tert-OH is 1. The van der Waals surface area contributed by atoms with E-state index < -0.39 is 9.84 Å². The topological polar surface area (TPSA) is 85.1 Å². The third-order valence-electron chi connectivity index (χ3n) is 4.03. The van der Waals surface area contributed by atoms with E-state index in [1.165, 1.54) is 0 Å². The number of fused-ring (bicyclic) bond motifs is 1. The summed E-state index contributed by atoms with van der Waals surface area (Å²) < 4.78 is 25.1. The Morgan fingerprint density at radius 1 is 1.33 bits per heavy atom. The summed E-state index contributed by atoms with van der Waals surface area (Å²) in [5.41, 5.74) is 1.64. The summed E-state index contributed by atoms with van der Waals surface area (Å²) >= 11 is 0.